The molecule has 4 heterocycles. The monoisotopic (exact) mass is 451 g/mol. The number of piperidine rings is 1. The second-order valence-corrected chi connectivity index (χ2v) is 9.88. The van der Waals surface area contributed by atoms with Crippen LogP contribution in [0.15, 0.2) is 48.7 Å². The lowest BCUT2D eigenvalue weighted by Crippen LogP contribution is -2.44. The molecule has 0 saturated carbocycles. The Morgan fingerprint density at radius 1 is 0.906 bits per heavy atom. The Hall–Kier alpha value is -2.26. The fraction of sp³-hybridized carbons (Fsp3) is 0.500. The fourth-order valence-corrected chi connectivity index (χ4v) is 5.48. The van der Waals surface area contributed by atoms with Crippen molar-refractivity contribution in [3.05, 3.63) is 59.9 Å². The minimum atomic E-state index is 0.570. The predicted molar refractivity (Wildman–Crippen MR) is 131 cm³/mol. The van der Waals surface area contributed by atoms with Crippen LogP contribution in [0.2, 0.25) is 0 Å². The smallest absolute Gasteiger partial charge is 0.218 e. The Labute approximate surface area is 194 Å². The SMILES string of the molecule is CN1CCN(c2nnc(-n3cccc3CNC3CCN(Cc4ccccc4)CC3)s2)CC1. The van der Waals surface area contributed by atoms with Crippen molar-refractivity contribution in [2.24, 2.45) is 0 Å². The fourth-order valence-electron chi connectivity index (χ4n) is 4.56. The van der Waals surface area contributed by atoms with E-state index in [9.17, 15) is 0 Å². The third-order valence-corrected chi connectivity index (χ3v) is 7.61. The van der Waals surface area contributed by atoms with Crippen LogP contribution < -0.4 is 10.2 Å². The van der Waals surface area contributed by atoms with Gasteiger partial charge >= 0.3 is 0 Å². The first-order chi connectivity index (χ1) is 15.7. The number of aromatic nitrogens is 3. The summed E-state index contributed by atoms with van der Waals surface area (Å²) in [6.45, 7) is 8.43. The quantitative estimate of drug-likeness (QED) is 0.596. The van der Waals surface area contributed by atoms with Crippen LogP contribution >= 0.6 is 11.3 Å². The van der Waals surface area contributed by atoms with Crippen LogP contribution in [0.1, 0.15) is 24.1 Å². The van der Waals surface area contributed by atoms with E-state index in [1.165, 1.54) is 24.1 Å². The summed E-state index contributed by atoms with van der Waals surface area (Å²) in [5, 5.41) is 14.8. The average Bonchev–Trinajstić information content (AvgIpc) is 3.49. The van der Waals surface area contributed by atoms with Crippen LogP contribution in [0.3, 0.4) is 0 Å². The molecular formula is C24H33N7S. The molecule has 0 radical (unpaired) electrons. The molecule has 8 heteroatoms. The number of likely N-dealkylation sites (N-methyl/N-ethyl adjacent to an activating group) is 1. The van der Waals surface area contributed by atoms with Gasteiger partial charge in [-0.3, -0.25) is 9.47 Å². The summed E-state index contributed by atoms with van der Waals surface area (Å²) >= 11 is 1.69. The number of anilines is 1. The predicted octanol–water partition coefficient (Wildman–Crippen LogP) is 2.83. The highest BCUT2D eigenvalue weighted by Crippen LogP contribution is 2.25. The van der Waals surface area contributed by atoms with Gasteiger partial charge in [0.2, 0.25) is 10.3 Å². The largest absolute Gasteiger partial charge is 0.344 e. The number of rotatable bonds is 7. The van der Waals surface area contributed by atoms with Gasteiger partial charge in [-0.1, -0.05) is 41.7 Å². The third kappa shape index (κ3) is 5.20. The van der Waals surface area contributed by atoms with Gasteiger partial charge in [0.25, 0.3) is 0 Å². The summed E-state index contributed by atoms with van der Waals surface area (Å²) in [5.41, 5.74) is 2.66. The first-order valence-corrected chi connectivity index (χ1v) is 12.5. The maximum Gasteiger partial charge on any atom is 0.218 e. The van der Waals surface area contributed by atoms with Crippen LogP contribution in [0.4, 0.5) is 5.13 Å². The van der Waals surface area contributed by atoms with Crippen molar-refractivity contribution in [2.45, 2.75) is 32.0 Å². The minimum absolute atomic E-state index is 0.570. The normalized spacial score (nSPS) is 19.0. The Kier molecular flexibility index (Phi) is 6.83. The van der Waals surface area contributed by atoms with Gasteiger partial charge in [-0.05, 0) is 50.7 Å². The van der Waals surface area contributed by atoms with Crippen molar-refractivity contribution in [1.29, 1.82) is 0 Å². The van der Waals surface area contributed by atoms with Crippen molar-refractivity contribution in [3.63, 3.8) is 0 Å². The number of hydrogen-bond donors (Lipinski definition) is 1. The van der Waals surface area contributed by atoms with Gasteiger partial charge in [-0.15, -0.1) is 10.2 Å². The molecule has 32 heavy (non-hydrogen) atoms. The number of nitrogens with zero attached hydrogens (tertiary/aromatic N) is 6. The number of piperazine rings is 1. The van der Waals surface area contributed by atoms with E-state index in [0.717, 1.165) is 62.6 Å². The van der Waals surface area contributed by atoms with Crippen LogP contribution in [0.25, 0.3) is 5.13 Å². The van der Waals surface area contributed by atoms with Crippen molar-refractivity contribution in [2.75, 3.05) is 51.2 Å². The summed E-state index contributed by atoms with van der Waals surface area (Å²) in [6, 6.07) is 15.7. The van der Waals surface area contributed by atoms with E-state index in [0.29, 0.717) is 6.04 Å². The molecule has 170 valence electrons. The molecule has 0 spiro atoms. The molecule has 2 fully saturated rings. The van der Waals surface area contributed by atoms with E-state index in [-0.39, 0.29) is 0 Å². The average molecular weight is 452 g/mol. The minimum Gasteiger partial charge on any atom is -0.344 e. The first kappa shape index (κ1) is 21.6. The molecule has 2 aliphatic rings. The molecule has 0 unspecified atom stereocenters. The molecular weight excluding hydrogens is 418 g/mol. The van der Waals surface area contributed by atoms with Gasteiger partial charge in [0.1, 0.15) is 0 Å². The summed E-state index contributed by atoms with van der Waals surface area (Å²) < 4.78 is 2.19. The Morgan fingerprint density at radius 3 is 2.44 bits per heavy atom. The Balaban J connectivity index is 1.13. The van der Waals surface area contributed by atoms with Gasteiger partial charge in [-0.25, -0.2) is 0 Å². The third-order valence-electron chi connectivity index (χ3n) is 6.63. The topological polar surface area (TPSA) is 52.5 Å². The molecule has 0 aliphatic carbocycles. The second kappa shape index (κ2) is 10.1. The molecule has 1 N–H and O–H groups in total. The lowest BCUT2D eigenvalue weighted by molar-refractivity contribution is 0.190. The van der Waals surface area contributed by atoms with Crippen LogP contribution in [-0.2, 0) is 13.1 Å². The number of benzene rings is 1. The molecule has 0 bridgehead atoms. The van der Waals surface area contributed by atoms with Gasteiger partial charge < -0.3 is 15.1 Å². The summed E-state index contributed by atoms with van der Waals surface area (Å²) in [7, 11) is 2.18. The zero-order valence-electron chi connectivity index (χ0n) is 18.9. The van der Waals surface area contributed by atoms with Crippen LogP contribution in [0, 0.1) is 0 Å². The van der Waals surface area contributed by atoms with Gasteiger partial charge in [-0.2, -0.15) is 0 Å². The van der Waals surface area contributed by atoms with E-state index in [4.69, 9.17) is 0 Å². The molecule has 1 aromatic carbocycles. The first-order valence-electron chi connectivity index (χ1n) is 11.7. The van der Waals surface area contributed by atoms with E-state index in [1.54, 1.807) is 11.3 Å². The Morgan fingerprint density at radius 2 is 1.66 bits per heavy atom. The summed E-state index contributed by atoms with van der Waals surface area (Å²) in [4.78, 5) is 7.28. The van der Waals surface area contributed by atoms with Crippen LogP contribution in [0.5, 0.6) is 0 Å². The lowest BCUT2D eigenvalue weighted by Gasteiger charge is -2.32. The molecule has 0 atom stereocenters. The van der Waals surface area contributed by atoms with Crippen molar-refractivity contribution < 1.29 is 0 Å². The number of hydrogen-bond acceptors (Lipinski definition) is 7. The van der Waals surface area contributed by atoms with Crippen molar-refractivity contribution in [1.82, 2.24) is 29.9 Å². The highest BCUT2D eigenvalue weighted by molar-refractivity contribution is 7.17. The summed E-state index contributed by atoms with van der Waals surface area (Å²) in [5.74, 6) is 0. The molecule has 7 nitrogen and oxygen atoms in total. The maximum atomic E-state index is 4.50. The standard InChI is InChI=1S/C24H33N7S/c1-28-14-16-30(17-15-28)23-26-27-24(32-23)31-11-5-8-22(31)18-25-21-9-12-29(13-10-21)19-20-6-3-2-4-7-20/h2-8,11,21,25H,9-10,12-19H2,1H3. The molecule has 0 amide bonds. The van der Waals surface area contributed by atoms with Crippen molar-refractivity contribution in [3.8, 4) is 5.13 Å². The van der Waals surface area contributed by atoms with E-state index in [1.807, 2.05) is 0 Å². The molecule has 2 aromatic heterocycles. The zero-order chi connectivity index (χ0) is 21.8. The molecule has 3 aromatic rings. The molecule has 5 rings (SSSR count). The van der Waals surface area contributed by atoms with Gasteiger partial charge in [0.05, 0.1) is 0 Å². The second-order valence-electron chi connectivity index (χ2n) is 8.94. The number of likely N-dealkylation sites (tertiary alicyclic amines) is 1. The maximum absolute atomic E-state index is 4.50. The lowest BCUT2D eigenvalue weighted by atomic mass is 10.0. The van der Waals surface area contributed by atoms with E-state index >= 15 is 0 Å². The Bertz CT molecular complexity index is 969. The van der Waals surface area contributed by atoms with Crippen LogP contribution in [-0.4, -0.2) is 76.9 Å². The van der Waals surface area contributed by atoms with E-state index < -0.39 is 0 Å². The zero-order valence-corrected chi connectivity index (χ0v) is 19.7. The summed E-state index contributed by atoms with van der Waals surface area (Å²) in [6.07, 6.45) is 4.49. The van der Waals surface area contributed by atoms with Gasteiger partial charge in [0, 0.05) is 57.2 Å². The molecule has 2 aliphatic heterocycles. The van der Waals surface area contributed by atoms with E-state index in [2.05, 4.69) is 90.5 Å². The highest BCUT2D eigenvalue weighted by atomic mass is 32.1. The van der Waals surface area contributed by atoms with Crippen molar-refractivity contribution >= 4 is 16.5 Å². The molecule has 2 saturated heterocycles. The number of nitrogens with one attached hydrogen (secondary N) is 1. The van der Waals surface area contributed by atoms with Gasteiger partial charge in [0.15, 0.2) is 0 Å². The highest BCUT2D eigenvalue weighted by Gasteiger charge is 2.21.